The normalized spacial score (nSPS) is 8.53. The van der Waals surface area contributed by atoms with E-state index in [2.05, 4.69) is 24.3 Å². The molecule has 0 bridgehead atoms. The second-order valence-electron chi connectivity index (χ2n) is 1.95. The molecule has 0 amide bonds. The minimum atomic E-state index is -1.83. The number of rotatable bonds is 3. The van der Waals surface area contributed by atoms with E-state index in [4.69, 9.17) is 5.73 Å². The zero-order chi connectivity index (χ0) is 13.3. The molecule has 94 valence electrons. The Morgan fingerprint density at radius 1 is 1.00 bits per heavy atom. The highest BCUT2D eigenvalue weighted by atomic mass is 17.3. The van der Waals surface area contributed by atoms with Crippen molar-refractivity contribution in [3.05, 3.63) is 0 Å². The van der Waals surface area contributed by atoms with Gasteiger partial charge in [0.15, 0.2) is 0 Å². The Bertz CT molecular complexity index is 336. The minimum Gasteiger partial charge on any atom is -0.357 e. The molecular weight excluding hydrogens is 246 g/mol. The maximum absolute atomic E-state index is 10.6. The molecule has 0 unspecified atom stereocenters. The van der Waals surface area contributed by atoms with Gasteiger partial charge in [0.05, 0.1) is 6.54 Å². The molecule has 0 saturated heterocycles. The van der Waals surface area contributed by atoms with Gasteiger partial charge in [-0.15, -0.1) is 0 Å². The number of carbonyl (C=O) groups excluding carboxylic acids is 5. The Kier molecular flexibility index (Phi) is 6.38. The van der Waals surface area contributed by atoms with Gasteiger partial charge in [-0.25, -0.2) is 24.3 Å². The van der Waals surface area contributed by atoms with Gasteiger partial charge in [-0.2, -0.15) is 4.79 Å². The van der Waals surface area contributed by atoms with Gasteiger partial charge in [-0.1, -0.05) is 0 Å². The molecule has 0 aliphatic carbocycles. The third-order valence-corrected chi connectivity index (χ3v) is 0.879. The van der Waals surface area contributed by atoms with Crippen molar-refractivity contribution < 1.29 is 48.3 Å². The van der Waals surface area contributed by atoms with Gasteiger partial charge in [-0.05, 0) is 0 Å². The van der Waals surface area contributed by atoms with Crippen LogP contribution in [0.15, 0.2) is 0 Å². The van der Waals surface area contributed by atoms with E-state index in [1.807, 2.05) is 0 Å². The third kappa shape index (κ3) is 6.40. The number of nitrogens with two attached hydrogens (primary N) is 1. The Morgan fingerprint density at radius 2 is 1.59 bits per heavy atom. The van der Waals surface area contributed by atoms with E-state index in [9.17, 15) is 24.0 Å². The summed E-state index contributed by atoms with van der Waals surface area (Å²) >= 11 is 0. The van der Waals surface area contributed by atoms with E-state index < -0.39 is 30.6 Å². The lowest BCUT2D eigenvalue weighted by Gasteiger charge is -2.00. The quantitative estimate of drug-likeness (QED) is 0.144. The van der Waals surface area contributed by atoms with Crippen LogP contribution in [-0.4, -0.2) is 37.1 Å². The second-order valence-corrected chi connectivity index (χ2v) is 1.95. The van der Waals surface area contributed by atoms with Crippen molar-refractivity contribution >= 4 is 30.5 Å². The average molecular weight is 251 g/mol. The lowest BCUT2D eigenvalue weighted by molar-refractivity contribution is -0.268. The molecule has 0 aromatic carbocycles. The summed E-state index contributed by atoms with van der Waals surface area (Å²) in [4.78, 5) is 65.5. The molecule has 0 saturated carbocycles. The van der Waals surface area contributed by atoms with E-state index in [1.165, 1.54) is 0 Å². The van der Waals surface area contributed by atoms with E-state index in [1.54, 1.807) is 0 Å². The van der Waals surface area contributed by atoms with Gasteiger partial charge in [0.1, 0.15) is 0 Å². The minimum absolute atomic E-state index is 0.291. The van der Waals surface area contributed by atoms with E-state index in [-0.39, 0.29) is 6.47 Å². The zero-order valence-electron chi connectivity index (χ0n) is 7.94. The molecule has 0 atom stereocenters. The van der Waals surface area contributed by atoms with Crippen molar-refractivity contribution in [2.75, 3.05) is 6.54 Å². The third-order valence-electron chi connectivity index (χ3n) is 0.879. The Balaban J connectivity index is 3.90. The summed E-state index contributed by atoms with van der Waals surface area (Å²) < 4.78 is 3.77. The fourth-order valence-corrected chi connectivity index (χ4v) is 0.355. The lowest BCUT2D eigenvalue weighted by atomic mass is 10.7. The number of carbonyl (C=O) groups is 5. The van der Waals surface area contributed by atoms with Gasteiger partial charge in [0.25, 0.3) is 0 Å². The molecule has 0 heterocycles. The summed E-state index contributed by atoms with van der Waals surface area (Å²) in [6, 6.07) is 0. The highest BCUT2D eigenvalue weighted by Crippen LogP contribution is 1.91. The lowest BCUT2D eigenvalue weighted by Crippen LogP contribution is -2.25. The molecule has 11 nitrogen and oxygen atoms in total. The summed E-state index contributed by atoms with van der Waals surface area (Å²) in [5.74, 6) is -4.77. The van der Waals surface area contributed by atoms with Crippen LogP contribution in [0.1, 0.15) is 0 Å². The largest absolute Gasteiger partial charge is 0.557 e. The molecule has 2 N–H and O–H groups in total. The summed E-state index contributed by atoms with van der Waals surface area (Å²) in [5.41, 5.74) is 4.77. The fraction of sp³-hybridized carbons (Fsp3) is 0.167. The molecule has 0 rings (SSSR count). The summed E-state index contributed by atoms with van der Waals surface area (Å²) in [6.45, 7) is -0.904. The predicted molar refractivity (Wildman–Crippen MR) is 41.0 cm³/mol. The van der Waals surface area contributed by atoms with E-state index >= 15 is 0 Å². The van der Waals surface area contributed by atoms with E-state index in [0.717, 1.165) is 0 Å². The number of ether oxygens (including phenoxy) is 1. The van der Waals surface area contributed by atoms with Gasteiger partial charge in [0, 0.05) is 0 Å². The fourth-order valence-electron chi connectivity index (χ4n) is 0.355. The summed E-state index contributed by atoms with van der Waals surface area (Å²) in [7, 11) is 0. The SMILES string of the molecule is NCC(=O)OC(=O)OOC(=O)C(=O)OOC=O. The van der Waals surface area contributed by atoms with Crippen molar-refractivity contribution in [1.29, 1.82) is 0 Å². The molecule has 0 aromatic rings. The van der Waals surface area contributed by atoms with E-state index in [0.29, 0.717) is 0 Å². The molecule has 0 aliphatic rings. The molecule has 0 fully saturated rings. The van der Waals surface area contributed by atoms with Crippen LogP contribution >= 0.6 is 0 Å². The van der Waals surface area contributed by atoms with Crippen LogP contribution in [0, 0.1) is 0 Å². The van der Waals surface area contributed by atoms with Crippen molar-refractivity contribution in [3.63, 3.8) is 0 Å². The van der Waals surface area contributed by atoms with Gasteiger partial charge in [-0.3, -0.25) is 14.5 Å². The highest BCUT2D eigenvalue weighted by molar-refractivity contribution is 6.29. The molecule has 0 aromatic heterocycles. The molecular formula is C6H5NO10. The smallest absolute Gasteiger partial charge is 0.357 e. The van der Waals surface area contributed by atoms with Crippen molar-refractivity contribution in [2.24, 2.45) is 5.73 Å². The first kappa shape index (κ1) is 14.3. The first-order valence-electron chi connectivity index (χ1n) is 3.65. The summed E-state index contributed by atoms with van der Waals surface area (Å²) in [5, 5.41) is 0. The molecule has 17 heavy (non-hydrogen) atoms. The standard InChI is InChI=1S/C6H5NO10/c7-1-3(9)14-6(12)17-16-5(11)4(10)15-13-2-8/h2H,1,7H2. The van der Waals surface area contributed by atoms with Crippen molar-refractivity contribution in [3.8, 4) is 0 Å². The van der Waals surface area contributed by atoms with Gasteiger partial charge >= 0.3 is 30.5 Å². The van der Waals surface area contributed by atoms with Crippen molar-refractivity contribution in [1.82, 2.24) is 0 Å². The van der Waals surface area contributed by atoms with Crippen LogP contribution in [0.25, 0.3) is 0 Å². The average Bonchev–Trinajstić information content (AvgIpc) is 2.32. The van der Waals surface area contributed by atoms with Crippen LogP contribution in [0.5, 0.6) is 0 Å². The van der Waals surface area contributed by atoms with Gasteiger partial charge < -0.3 is 10.5 Å². The zero-order valence-corrected chi connectivity index (χ0v) is 7.94. The topological polar surface area (TPSA) is 158 Å². The molecule has 0 radical (unpaired) electrons. The molecule has 0 spiro atoms. The van der Waals surface area contributed by atoms with Crippen LogP contribution in [-0.2, 0) is 43.5 Å². The van der Waals surface area contributed by atoms with Crippen LogP contribution < -0.4 is 5.73 Å². The van der Waals surface area contributed by atoms with Crippen molar-refractivity contribution in [2.45, 2.75) is 0 Å². The first-order chi connectivity index (χ1) is 8.01. The second kappa shape index (κ2) is 7.58. The van der Waals surface area contributed by atoms with Crippen LogP contribution in [0.3, 0.4) is 0 Å². The predicted octanol–water partition coefficient (Wildman–Crippen LogP) is -2.29. The maximum atomic E-state index is 10.6. The maximum Gasteiger partial charge on any atom is 0.557 e. The highest BCUT2D eigenvalue weighted by Gasteiger charge is 2.24. The van der Waals surface area contributed by atoms with Crippen LogP contribution in [0.2, 0.25) is 0 Å². The molecule has 11 heteroatoms. The number of esters is 1. The first-order valence-corrected chi connectivity index (χ1v) is 3.65. The number of hydrogen-bond acceptors (Lipinski definition) is 11. The Labute approximate surface area is 92.1 Å². The monoisotopic (exact) mass is 251 g/mol. The number of hydrogen-bond donors (Lipinski definition) is 1. The Hall–Kier alpha value is -2.69. The Morgan fingerprint density at radius 3 is 2.12 bits per heavy atom. The summed E-state index contributed by atoms with van der Waals surface area (Å²) in [6.07, 6.45) is -1.72. The molecule has 0 aliphatic heterocycles. The van der Waals surface area contributed by atoms with Gasteiger partial charge in [0.2, 0.25) is 0 Å². The van der Waals surface area contributed by atoms with Crippen LogP contribution in [0.4, 0.5) is 4.79 Å².